The number of hydrogen-bond acceptors (Lipinski definition) is 3. The van der Waals surface area contributed by atoms with Crippen LogP contribution < -0.4 is 5.06 Å². The monoisotopic (exact) mass is 240 g/mol. The summed E-state index contributed by atoms with van der Waals surface area (Å²) in [7, 11) is 0. The summed E-state index contributed by atoms with van der Waals surface area (Å²) < 4.78 is 0. The van der Waals surface area contributed by atoms with Crippen LogP contribution in [0.5, 0.6) is 0 Å². The molecular formula is C15H16N2O. The molecule has 0 aliphatic carbocycles. The number of anilines is 1. The van der Waals surface area contributed by atoms with Gasteiger partial charge in [0.15, 0.2) is 0 Å². The number of fused-ring (bicyclic) bond motifs is 1. The first-order valence-electron chi connectivity index (χ1n) is 6.15. The van der Waals surface area contributed by atoms with Crippen LogP contribution in [0, 0.1) is 0 Å². The van der Waals surface area contributed by atoms with Gasteiger partial charge in [-0.15, -0.1) is 0 Å². The maximum atomic E-state index is 5.80. The summed E-state index contributed by atoms with van der Waals surface area (Å²) in [5.74, 6) is 0. The molecule has 1 aromatic heterocycles. The molecule has 92 valence electrons. The van der Waals surface area contributed by atoms with Gasteiger partial charge in [-0.3, -0.25) is 9.82 Å². The van der Waals surface area contributed by atoms with Gasteiger partial charge in [-0.05, 0) is 31.6 Å². The zero-order chi connectivity index (χ0) is 12.5. The van der Waals surface area contributed by atoms with E-state index >= 15 is 0 Å². The second-order valence-electron chi connectivity index (χ2n) is 4.72. The van der Waals surface area contributed by atoms with E-state index in [1.807, 2.05) is 35.5 Å². The van der Waals surface area contributed by atoms with Crippen molar-refractivity contribution in [3.63, 3.8) is 0 Å². The third-order valence-electron chi connectivity index (χ3n) is 3.44. The van der Waals surface area contributed by atoms with Crippen LogP contribution in [0.15, 0.2) is 47.7 Å². The van der Waals surface area contributed by atoms with Crippen molar-refractivity contribution in [3.8, 4) is 0 Å². The van der Waals surface area contributed by atoms with Crippen LogP contribution in [-0.2, 0) is 4.84 Å². The minimum atomic E-state index is 0.669. The molecule has 0 fully saturated rings. The average Bonchev–Trinajstić information content (AvgIpc) is 2.41. The summed E-state index contributed by atoms with van der Waals surface area (Å²) in [4.78, 5) is 10.2. The first-order valence-corrected chi connectivity index (χ1v) is 6.15. The van der Waals surface area contributed by atoms with Crippen molar-refractivity contribution in [1.29, 1.82) is 0 Å². The van der Waals surface area contributed by atoms with E-state index in [9.17, 15) is 0 Å². The van der Waals surface area contributed by atoms with Crippen LogP contribution >= 0.6 is 0 Å². The van der Waals surface area contributed by atoms with Crippen LogP contribution in [0.3, 0.4) is 0 Å². The highest BCUT2D eigenvalue weighted by atomic mass is 16.7. The Balaban J connectivity index is 2.05. The van der Waals surface area contributed by atoms with Crippen LogP contribution in [0.2, 0.25) is 0 Å². The summed E-state index contributed by atoms with van der Waals surface area (Å²) in [5.41, 5.74) is 4.79. The summed E-state index contributed by atoms with van der Waals surface area (Å²) in [5, 5.41) is 3.10. The number of hydroxylamine groups is 1. The minimum Gasteiger partial charge on any atom is -0.269 e. The Morgan fingerprint density at radius 2 is 1.94 bits per heavy atom. The number of hydrogen-bond donors (Lipinski definition) is 0. The fourth-order valence-corrected chi connectivity index (χ4v) is 2.15. The van der Waals surface area contributed by atoms with E-state index in [1.54, 1.807) is 0 Å². The van der Waals surface area contributed by atoms with Crippen molar-refractivity contribution < 1.29 is 4.84 Å². The number of aromatic nitrogens is 1. The van der Waals surface area contributed by atoms with Crippen molar-refractivity contribution in [3.05, 3.63) is 47.7 Å². The largest absolute Gasteiger partial charge is 0.269 e. The Morgan fingerprint density at radius 3 is 2.78 bits per heavy atom. The standard InChI is InChI=1S/C15H16N2O/c1-11-9-17(18-10-12(11)2)15-7-8-16-14-6-4-3-5-13(14)15/h3-8H,9-10H2,1-2H3. The van der Waals surface area contributed by atoms with Crippen molar-refractivity contribution in [2.24, 2.45) is 0 Å². The van der Waals surface area contributed by atoms with Gasteiger partial charge in [0, 0.05) is 11.6 Å². The van der Waals surface area contributed by atoms with Crippen LogP contribution in [0.1, 0.15) is 13.8 Å². The third-order valence-corrected chi connectivity index (χ3v) is 3.44. The molecule has 2 heterocycles. The minimum absolute atomic E-state index is 0.669. The molecular weight excluding hydrogens is 224 g/mol. The maximum absolute atomic E-state index is 5.80. The molecule has 3 rings (SSSR count). The fourth-order valence-electron chi connectivity index (χ4n) is 2.15. The summed E-state index contributed by atoms with van der Waals surface area (Å²) in [6, 6.07) is 10.2. The molecule has 3 heteroatoms. The molecule has 0 saturated heterocycles. The zero-order valence-electron chi connectivity index (χ0n) is 10.7. The SMILES string of the molecule is CC1=C(C)CN(c2ccnc3ccccc23)OC1. The van der Waals surface area contributed by atoms with E-state index < -0.39 is 0 Å². The number of benzene rings is 1. The fraction of sp³-hybridized carbons (Fsp3) is 0.267. The maximum Gasteiger partial charge on any atom is 0.0960 e. The van der Waals surface area contributed by atoms with Gasteiger partial charge in [0.05, 0.1) is 24.4 Å². The molecule has 0 N–H and O–H groups in total. The molecule has 0 amide bonds. The van der Waals surface area contributed by atoms with E-state index in [4.69, 9.17) is 4.84 Å². The van der Waals surface area contributed by atoms with Gasteiger partial charge in [-0.25, -0.2) is 5.06 Å². The van der Waals surface area contributed by atoms with Gasteiger partial charge < -0.3 is 0 Å². The third kappa shape index (κ3) is 1.87. The summed E-state index contributed by atoms with van der Waals surface area (Å²) in [6.45, 7) is 5.77. The van der Waals surface area contributed by atoms with Crippen molar-refractivity contribution in [2.75, 3.05) is 18.2 Å². The number of pyridine rings is 1. The second-order valence-corrected chi connectivity index (χ2v) is 4.72. The number of para-hydroxylation sites is 1. The lowest BCUT2D eigenvalue weighted by Gasteiger charge is -2.30. The van der Waals surface area contributed by atoms with Gasteiger partial charge in [-0.2, -0.15) is 0 Å². The van der Waals surface area contributed by atoms with Crippen molar-refractivity contribution in [2.45, 2.75) is 13.8 Å². The topological polar surface area (TPSA) is 25.4 Å². The van der Waals surface area contributed by atoms with E-state index in [0.717, 1.165) is 23.1 Å². The van der Waals surface area contributed by atoms with Crippen LogP contribution in [0.25, 0.3) is 10.9 Å². The molecule has 0 bridgehead atoms. The van der Waals surface area contributed by atoms with E-state index in [0.29, 0.717) is 6.61 Å². The Hall–Kier alpha value is -1.87. The molecule has 0 spiro atoms. The molecule has 1 aliphatic rings. The number of rotatable bonds is 1. The highest BCUT2D eigenvalue weighted by Crippen LogP contribution is 2.28. The highest BCUT2D eigenvalue weighted by Gasteiger charge is 2.17. The Kier molecular flexibility index (Phi) is 2.76. The predicted molar refractivity (Wildman–Crippen MR) is 73.4 cm³/mol. The Bertz CT molecular complexity index is 613. The summed E-state index contributed by atoms with van der Waals surface area (Å²) in [6.07, 6.45) is 1.83. The molecule has 3 nitrogen and oxygen atoms in total. The molecule has 0 atom stereocenters. The van der Waals surface area contributed by atoms with Gasteiger partial charge in [0.1, 0.15) is 0 Å². The van der Waals surface area contributed by atoms with Gasteiger partial charge in [0.25, 0.3) is 0 Å². The Labute approximate surface area is 107 Å². The molecule has 0 unspecified atom stereocenters. The first-order chi connectivity index (χ1) is 8.75. The average molecular weight is 240 g/mol. The second kappa shape index (κ2) is 4.42. The molecule has 1 aromatic carbocycles. The van der Waals surface area contributed by atoms with E-state index in [2.05, 4.69) is 24.9 Å². The van der Waals surface area contributed by atoms with E-state index in [-0.39, 0.29) is 0 Å². The molecule has 1 aliphatic heterocycles. The first kappa shape index (κ1) is 11.2. The smallest absolute Gasteiger partial charge is 0.0960 e. The van der Waals surface area contributed by atoms with Gasteiger partial charge in [-0.1, -0.05) is 23.8 Å². The lowest BCUT2D eigenvalue weighted by Crippen LogP contribution is -2.31. The predicted octanol–water partition coefficient (Wildman–Crippen LogP) is 3.32. The lowest BCUT2D eigenvalue weighted by molar-refractivity contribution is 0.122. The van der Waals surface area contributed by atoms with Crippen molar-refractivity contribution in [1.82, 2.24) is 4.98 Å². The van der Waals surface area contributed by atoms with Gasteiger partial charge in [0.2, 0.25) is 0 Å². The molecule has 18 heavy (non-hydrogen) atoms. The quantitative estimate of drug-likeness (QED) is 0.715. The zero-order valence-corrected chi connectivity index (χ0v) is 10.7. The Morgan fingerprint density at radius 1 is 1.11 bits per heavy atom. The molecule has 2 aromatic rings. The summed E-state index contributed by atoms with van der Waals surface area (Å²) >= 11 is 0. The molecule has 0 saturated carbocycles. The van der Waals surface area contributed by atoms with Crippen LogP contribution in [-0.4, -0.2) is 18.1 Å². The number of nitrogens with zero attached hydrogens (tertiary/aromatic N) is 2. The van der Waals surface area contributed by atoms with Crippen LogP contribution in [0.4, 0.5) is 5.69 Å². The van der Waals surface area contributed by atoms with Crippen molar-refractivity contribution >= 4 is 16.6 Å². The van der Waals surface area contributed by atoms with Gasteiger partial charge >= 0.3 is 0 Å². The van der Waals surface area contributed by atoms with E-state index in [1.165, 1.54) is 11.1 Å². The highest BCUT2D eigenvalue weighted by molar-refractivity contribution is 5.91. The normalized spacial score (nSPS) is 16.4. The molecule has 0 radical (unpaired) electrons. The lowest BCUT2D eigenvalue weighted by atomic mass is 10.1.